The van der Waals surface area contributed by atoms with E-state index in [0.717, 1.165) is 5.56 Å². The fourth-order valence-electron chi connectivity index (χ4n) is 2.04. The van der Waals surface area contributed by atoms with E-state index in [-0.39, 0.29) is 11.1 Å². The summed E-state index contributed by atoms with van der Waals surface area (Å²) in [5.41, 5.74) is 4.60. The monoisotopic (exact) mass is 351 g/mol. The number of aromatic nitrogens is 2. The number of carbonyl (C=O) groups is 1. The van der Waals surface area contributed by atoms with Crippen LogP contribution in [0.15, 0.2) is 71.8 Å². The quantitative estimate of drug-likeness (QED) is 0.541. The fourth-order valence-corrected chi connectivity index (χ4v) is 2.18. The summed E-state index contributed by atoms with van der Waals surface area (Å²) < 4.78 is 0. The Labute approximate surface area is 149 Å². The van der Waals surface area contributed by atoms with Gasteiger partial charge in [0.15, 0.2) is 11.0 Å². The zero-order valence-corrected chi connectivity index (χ0v) is 13.8. The van der Waals surface area contributed by atoms with Crippen LogP contribution in [0.4, 0.5) is 11.5 Å². The van der Waals surface area contributed by atoms with Crippen LogP contribution < -0.4 is 10.7 Å². The number of carbonyl (C=O) groups excluding carboxylic acids is 1. The average molecular weight is 352 g/mol. The summed E-state index contributed by atoms with van der Waals surface area (Å²) in [4.78, 5) is 12.3. The Morgan fingerprint density at radius 2 is 1.68 bits per heavy atom. The Balaban J connectivity index is 1.76. The average Bonchev–Trinajstić information content (AvgIpc) is 2.65. The van der Waals surface area contributed by atoms with E-state index in [0.29, 0.717) is 17.1 Å². The second-order valence-electron chi connectivity index (χ2n) is 5.03. The molecule has 124 valence electrons. The minimum atomic E-state index is -0.278. The number of nitrogens with one attached hydrogen (secondary N) is 2. The van der Waals surface area contributed by atoms with E-state index in [4.69, 9.17) is 11.6 Å². The molecule has 0 saturated heterocycles. The highest BCUT2D eigenvalue weighted by molar-refractivity contribution is 6.29. The van der Waals surface area contributed by atoms with Crippen molar-refractivity contribution < 1.29 is 4.79 Å². The Morgan fingerprint density at radius 1 is 1.00 bits per heavy atom. The summed E-state index contributed by atoms with van der Waals surface area (Å²) in [6.07, 6.45) is 1.64. The van der Waals surface area contributed by atoms with Crippen molar-refractivity contribution in [3.63, 3.8) is 0 Å². The Hall–Kier alpha value is -3.25. The molecule has 0 fully saturated rings. The minimum absolute atomic E-state index is 0.168. The van der Waals surface area contributed by atoms with Gasteiger partial charge in [0.05, 0.1) is 11.9 Å². The molecule has 25 heavy (non-hydrogen) atoms. The Morgan fingerprint density at radius 3 is 2.40 bits per heavy atom. The third-order valence-electron chi connectivity index (χ3n) is 3.23. The van der Waals surface area contributed by atoms with Crippen molar-refractivity contribution >= 4 is 35.2 Å². The van der Waals surface area contributed by atoms with Crippen molar-refractivity contribution in [2.75, 3.05) is 10.7 Å². The lowest BCUT2D eigenvalue weighted by molar-refractivity contribution is 0.102. The van der Waals surface area contributed by atoms with Crippen LogP contribution in [0.3, 0.4) is 0 Å². The van der Waals surface area contributed by atoms with Gasteiger partial charge in [0.25, 0.3) is 5.91 Å². The molecule has 0 spiro atoms. The topological polar surface area (TPSA) is 79.3 Å². The van der Waals surface area contributed by atoms with Gasteiger partial charge in [-0.05, 0) is 17.7 Å². The number of benzene rings is 2. The number of hydrogen-bond donors (Lipinski definition) is 2. The van der Waals surface area contributed by atoms with E-state index in [1.807, 2.05) is 36.4 Å². The van der Waals surface area contributed by atoms with Gasteiger partial charge < -0.3 is 5.32 Å². The van der Waals surface area contributed by atoms with Crippen molar-refractivity contribution in [1.29, 1.82) is 0 Å². The molecular formula is C18H14ClN5O. The molecule has 0 aliphatic rings. The predicted octanol–water partition coefficient (Wildman–Crippen LogP) is 3.83. The number of hydrogen-bond acceptors (Lipinski definition) is 5. The van der Waals surface area contributed by atoms with Gasteiger partial charge in [-0.3, -0.25) is 10.2 Å². The maximum atomic E-state index is 12.3. The lowest BCUT2D eigenvalue weighted by atomic mass is 10.2. The summed E-state index contributed by atoms with van der Waals surface area (Å²) in [7, 11) is 0. The third kappa shape index (κ3) is 4.62. The molecule has 6 nitrogen and oxygen atoms in total. The van der Waals surface area contributed by atoms with Gasteiger partial charge in [0.1, 0.15) is 0 Å². The molecule has 1 amide bonds. The van der Waals surface area contributed by atoms with E-state index in [9.17, 15) is 4.79 Å². The van der Waals surface area contributed by atoms with Crippen molar-refractivity contribution in [1.82, 2.24) is 10.2 Å². The van der Waals surface area contributed by atoms with Gasteiger partial charge in [-0.15, -0.1) is 10.2 Å². The highest BCUT2D eigenvalue weighted by atomic mass is 35.5. The summed E-state index contributed by atoms with van der Waals surface area (Å²) in [6, 6.07) is 19.9. The number of rotatable bonds is 5. The smallest absolute Gasteiger partial charge is 0.255 e. The fraction of sp³-hybridized carbons (Fsp3) is 0. The van der Waals surface area contributed by atoms with Crippen molar-refractivity contribution in [2.45, 2.75) is 0 Å². The lowest BCUT2D eigenvalue weighted by Crippen LogP contribution is -2.14. The molecule has 0 saturated carbocycles. The molecule has 2 aromatic carbocycles. The summed E-state index contributed by atoms with van der Waals surface area (Å²) >= 11 is 5.89. The maximum absolute atomic E-state index is 12.3. The zero-order valence-electron chi connectivity index (χ0n) is 13.1. The van der Waals surface area contributed by atoms with Crippen LogP contribution in [0.2, 0.25) is 5.15 Å². The van der Waals surface area contributed by atoms with E-state index < -0.39 is 0 Å². The van der Waals surface area contributed by atoms with E-state index in [2.05, 4.69) is 26.0 Å². The molecule has 0 aliphatic carbocycles. The first kappa shape index (κ1) is 16.6. The maximum Gasteiger partial charge on any atom is 0.255 e. The first-order valence-corrected chi connectivity index (χ1v) is 7.84. The van der Waals surface area contributed by atoms with Crippen LogP contribution in [0.1, 0.15) is 15.9 Å². The number of amides is 1. The van der Waals surface area contributed by atoms with Crippen LogP contribution in [0, 0.1) is 0 Å². The van der Waals surface area contributed by atoms with Gasteiger partial charge in [-0.2, -0.15) is 5.10 Å². The summed E-state index contributed by atoms with van der Waals surface area (Å²) in [5, 5.41) is 14.7. The number of hydrazone groups is 1. The van der Waals surface area contributed by atoms with Gasteiger partial charge in [0.2, 0.25) is 0 Å². The Kier molecular flexibility index (Phi) is 5.33. The van der Waals surface area contributed by atoms with Crippen LogP contribution in [0.25, 0.3) is 0 Å². The number of nitrogens with zero attached hydrogens (tertiary/aromatic N) is 3. The van der Waals surface area contributed by atoms with Crippen LogP contribution in [0.5, 0.6) is 0 Å². The second-order valence-corrected chi connectivity index (χ2v) is 5.42. The second kappa shape index (κ2) is 8.03. The van der Waals surface area contributed by atoms with E-state index >= 15 is 0 Å². The molecular weight excluding hydrogens is 338 g/mol. The predicted molar refractivity (Wildman–Crippen MR) is 99.1 cm³/mol. The van der Waals surface area contributed by atoms with Crippen molar-refractivity contribution in [3.05, 3.63) is 83.0 Å². The molecule has 3 aromatic rings. The number of anilines is 2. The van der Waals surface area contributed by atoms with Crippen LogP contribution in [-0.2, 0) is 0 Å². The minimum Gasteiger partial charge on any atom is -0.319 e. The molecule has 0 atom stereocenters. The highest BCUT2D eigenvalue weighted by Crippen LogP contribution is 2.22. The van der Waals surface area contributed by atoms with Gasteiger partial charge in [-0.25, -0.2) is 0 Å². The van der Waals surface area contributed by atoms with Gasteiger partial charge in [-0.1, -0.05) is 60.1 Å². The summed E-state index contributed by atoms with van der Waals surface area (Å²) in [6.45, 7) is 0. The standard InChI is InChI=1S/C18H14ClN5O/c19-16-11-15(21-18(25)14-9-5-2-6-10-14)17(24-22-16)23-20-12-13-7-3-1-4-8-13/h1-12H,(H,23,24)(H,21,22,25). The van der Waals surface area contributed by atoms with Gasteiger partial charge >= 0.3 is 0 Å². The van der Waals surface area contributed by atoms with E-state index in [1.165, 1.54) is 6.07 Å². The number of halogens is 1. The SMILES string of the molecule is O=C(Nc1cc(Cl)nnc1NN=Cc1ccccc1)c1ccccc1. The van der Waals surface area contributed by atoms with Crippen LogP contribution in [-0.4, -0.2) is 22.3 Å². The molecule has 3 rings (SSSR count). The highest BCUT2D eigenvalue weighted by Gasteiger charge is 2.11. The van der Waals surface area contributed by atoms with E-state index in [1.54, 1.807) is 30.5 Å². The molecule has 0 radical (unpaired) electrons. The normalized spacial score (nSPS) is 10.6. The zero-order chi connectivity index (χ0) is 17.5. The first-order valence-electron chi connectivity index (χ1n) is 7.46. The van der Waals surface area contributed by atoms with Crippen molar-refractivity contribution in [2.24, 2.45) is 5.10 Å². The third-order valence-corrected chi connectivity index (χ3v) is 3.42. The molecule has 1 heterocycles. The molecule has 1 aromatic heterocycles. The molecule has 0 unspecified atom stereocenters. The largest absolute Gasteiger partial charge is 0.319 e. The van der Waals surface area contributed by atoms with Gasteiger partial charge in [0, 0.05) is 11.6 Å². The molecule has 0 aliphatic heterocycles. The lowest BCUT2D eigenvalue weighted by Gasteiger charge is -2.09. The first-order chi connectivity index (χ1) is 12.2. The Bertz CT molecular complexity index is 884. The molecule has 7 heteroatoms. The molecule has 0 bridgehead atoms. The summed E-state index contributed by atoms with van der Waals surface area (Å²) in [5.74, 6) is 0.0145. The van der Waals surface area contributed by atoms with Crippen LogP contribution >= 0.6 is 11.6 Å². The van der Waals surface area contributed by atoms with Crippen molar-refractivity contribution in [3.8, 4) is 0 Å². The molecule has 2 N–H and O–H groups in total.